The van der Waals surface area contributed by atoms with E-state index in [9.17, 15) is 9.59 Å². The Kier molecular flexibility index (Phi) is 4.72. The number of ketones is 1. The maximum atomic E-state index is 12.0. The number of amides is 1. The molecule has 98 valence electrons. The summed E-state index contributed by atoms with van der Waals surface area (Å²) < 4.78 is 0. The molecule has 1 saturated carbocycles. The lowest BCUT2D eigenvalue weighted by Crippen LogP contribution is -2.40. The third-order valence-electron chi connectivity index (χ3n) is 4.20. The van der Waals surface area contributed by atoms with Gasteiger partial charge in [-0.25, -0.2) is 0 Å². The van der Waals surface area contributed by atoms with Crippen LogP contribution in [0, 0.1) is 17.3 Å². The molecule has 0 aromatic carbocycles. The summed E-state index contributed by atoms with van der Waals surface area (Å²) in [4.78, 5) is 23.1. The molecule has 1 N–H and O–H groups in total. The molecule has 0 atom stereocenters. The van der Waals surface area contributed by atoms with Gasteiger partial charge in [-0.2, -0.15) is 0 Å². The van der Waals surface area contributed by atoms with Crippen LogP contribution in [0.15, 0.2) is 0 Å². The number of carbonyl (C=O) groups excluding carboxylic acids is 2. The monoisotopic (exact) mass is 239 g/mol. The van der Waals surface area contributed by atoms with Crippen LogP contribution < -0.4 is 5.32 Å². The van der Waals surface area contributed by atoms with Crippen LogP contribution in [0.3, 0.4) is 0 Å². The second kappa shape index (κ2) is 5.65. The number of Topliss-reactive ketones (excluding diaryl/α,β-unsaturated/α-hetero) is 1. The van der Waals surface area contributed by atoms with E-state index >= 15 is 0 Å². The number of hydrogen-bond donors (Lipinski definition) is 1. The van der Waals surface area contributed by atoms with E-state index in [0.29, 0.717) is 31.1 Å². The Morgan fingerprint density at radius 2 is 1.88 bits per heavy atom. The Hall–Kier alpha value is -0.860. The topological polar surface area (TPSA) is 46.2 Å². The molecule has 0 aromatic heterocycles. The molecule has 0 aromatic rings. The molecule has 1 aliphatic carbocycles. The highest BCUT2D eigenvalue weighted by Crippen LogP contribution is 2.26. The van der Waals surface area contributed by atoms with Crippen LogP contribution in [0.4, 0.5) is 0 Å². The Balaban J connectivity index is 2.37. The maximum Gasteiger partial charge on any atom is 0.223 e. The van der Waals surface area contributed by atoms with Crippen molar-refractivity contribution < 1.29 is 9.59 Å². The molecule has 0 spiro atoms. The molecule has 3 heteroatoms. The standard InChI is InChI=1S/C14H25NO2/c1-10(2)14(3,4)9-15-13(17)11-5-7-12(16)8-6-11/h10-11H,5-9H2,1-4H3,(H,15,17). The fraction of sp³-hybridized carbons (Fsp3) is 0.857. The van der Waals surface area contributed by atoms with Gasteiger partial charge in [0.25, 0.3) is 0 Å². The van der Waals surface area contributed by atoms with E-state index in [-0.39, 0.29) is 17.2 Å². The zero-order valence-electron chi connectivity index (χ0n) is 11.5. The van der Waals surface area contributed by atoms with Gasteiger partial charge in [-0.3, -0.25) is 9.59 Å². The van der Waals surface area contributed by atoms with Gasteiger partial charge >= 0.3 is 0 Å². The Morgan fingerprint density at radius 1 is 1.35 bits per heavy atom. The van der Waals surface area contributed by atoms with Gasteiger partial charge in [-0.15, -0.1) is 0 Å². The van der Waals surface area contributed by atoms with Crippen molar-refractivity contribution in [1.29, 1.82) is 0 Å². The summed E-state index contributed by atoms with van der Waals surface area (Å²) in [7, 11) is 0. The molecular formula is C14H25NO2. The first-order valence-corrected chi connectivity index (χ1v) is 6.62. The lowest BCUT2D eigenvalue weighted by atomic mass is 9.81. The Bertz CT molecular complexity index is 285. The average Bonchev–Trinajstić information content (AvgIpc) is 2.27. The smallest absolute Gasteiger partial charge is 0.223 e. The highest BCUT2D eigenvalue weighted by Gasteiger charge is 2.27. The second-order valence-corrected chi connectivity index (χ2v) is 6.17. The van der Waals surface area contributed by atoms with E-state index in [4.69, 9.17) is 0 Å². The SMILES string of the molecule is CC(C)C(C)(C)CNC(=O)C1CCC(=O)CC1. The van der Waals surface area contributed by atoms with E-state index in [2.05, 4.69) is 33.0 Å². The van der Waals surface area contributed by atoms with Crippen molar-refractivity contribution in [3.63, 3.8) is 0 Å². The molecule has 0 aliphatic heterocycles. The third kappa shape index (κ3) is 4.14. The van der Waals surface area contributed by atoms with Crippen molar-refractivity contribution in [1.82, 2.24) is 5.32 Å². The fourth-order valence-corrected chi connectivity index (χ4v) is 1.87. The van der Waals surface area contributed by atoms with Gasteiger partial charge < -0.3 is 5.32 Å². The summed E-state index contributed by atoms with van der Waals surface area (Å²) in [6, 6.07) is 0. The van der Waals surface area contributed by atoms with Crippen molar-refractivity contribution in [3.8, 4) is 0 Å². The van der Waals surface area contributed by atoms with Crippen LogP contribution in [0.5, 0.6) is 0 Å². The van der Waals surface area contributed by atoms with Crippen LogP contribution >= 0.6 is 0 Å². The van der Waals surface area contributed by atoms with Crippen LogP contribution in [-0.4, -0.2) is 18.2 Å². The number of hydrogen-bond acceptors (Lipinski definition) is 2. The minimum atomic E-state index is 0.0515. The van der Waals surface area contributed by atoms with Gasteiger partial charge in [0.2, 0.25) is 5.91 Å². The molecule has 1 amide bonds. The third-order valence-corrected chi connectivity index (χ3v) is 4.20. The van der Waals surface area contributed by atoms with Gasteiger partial charge in [0.05, 0.1) is 0 Å². The summed E-state index contributed by atoms with van der Waals surface area (Å²) >= 11 is 0. The first-order valence-electron chi connectivity index (χ1n) is 6.62. The molecular weight excluding hydrogens is 214 g/mol. The van der Waals surface area contributed by atoms with Crippen LogP contribution in [0.2, 0.25) is 0 Å². The maximum absolute atomic E-state index is 12.0. The first kappa shape index (κ1) is 14.2. The van der Waals surface area contributed by atoms with Crippen LogP contribution in [0.1, 0.15) is 53.4 Å². The molecule has 1 fully saturated rings. The fourth-order valence-electron chi connectivity index (χ4n) is 1.87. The lowest BCUT2D eigenvalue weighted by Gasteiger charge is -2.30. The van der Waals surface area contributed by atoms with Crippen LogP contribution in [-0.2, 0) is 9.59 Å². The van der Waals surface area contributed by atoms with Gasteiger partial charge in [-0.05, 0) is 24.2 Å². The first-order chi connectivity index (χ1) is 7.83. The van der Waals surface area contributed by atoms with Crippen molar-refractivity contribution >= 4 is 11.7 Å². The van der Waals surface area contributed by atoms with Crippen molar-refractivity contribution in [2.24, 2.45) is 17.3 Å². The zero-order chi connectivity index (χ0) is 13.1. The van der Waals surface area contributed by atoms with E-state index in [1.807, 2.05) is 0 Å². The molecule has 0 radical (unpaired) electrons. The average molecular weight is 239 g/mol. The van der Waals surface area contributed by atoms with Gasteiger partial charge in [0.15, 0.2) is 0 Å². The van der Waals surface area contributed by atoms with E-state index in [1.54, 1.807) is 0 Å². The largest absolute Gasteiger partial charge is 0.355 e. The van der Waals surface area contributed by atoms with Gasteiger partial charge in [0, 0.05) is 25.3 Å². The lowest BCUT2D eigenvalue weighted by molar-refractivity contribution is -0.128. The van der Waals surface area contributed by atoms with Gasteiger partial charge in [0.1, 0.15) is 5.78 Å². The van der Waals surface area contributed by atoms with Gasteiger partial charge in [-0.1, -0.05) is 27.7 Å². The zero-order valence-corrected chi connectivity index (χ0v) is 11.5. The van der Waals surface area contributed by atoms with Crippen molar-refractivity contribution in [3.05, 3.63) is 0 Å². The second-order valence-electron chi connectivity index (χ2n) is 6.17. The molecule has 3 nitrogen and oxygen atoms in total. The molecule has 0 saturated heterocycles. The predicted molar refractivity (Wildman–Crippen MR) is 68.6 cm³/mol. The highest BCUT2D eigenvalue weighted by molar-refractivity contribution is 5.84. The molecule has 1 aliphatic rings. The molecule has 17 heavy (non-hydrogen) atoms. The van der Waals surface area contributed by atoms with Crippen molar-refractivity contribution in [2.45, 2.75) is 53.4 Å². The molecule has 0 heterocycles. The Labute approximate surface area is 104 Å². The quantitative estimate of drug-likeness (QED) is 0.819. The Morgan fingerprint density at radius 3 is 2.35 bits per heavy atom. The summed E-state index contributed by atoms with van der Waals surface area (Å²) in [5.74, 6) is 1.02. The molecule has 0 bridgehead atoms. The van der Waals surface area contributed by atoms with Crippen LogP contribution in [0.25, 0.3) is 0 Å². The highest BCUT2D eigenvalue weighted by atomic mass is 16.2. The predicted octanol–water partition coefficient (Wildman–Crippen LogP) is 2.54. The van der Waals surface area contributed by atoms with Crippen molar-refractivity contribution in [2.75, 3.05) is 6.54 Å². The van der Waals surface area contributed by atoms with E-state index in [0.717, 1.165) is 12.8 Å². The number of rotatable bonds is 4. The number of nitrogens with one attached hydrogen (secondary N) is 1. The summed E-state index contributed by atoms with van der Waals surface area (Å²) in [5, 5.41) is 3.04. The normalized spacial score (nSPS) is 18.5. The molecule has 1 rings (SSSR count). The minimum absolute atomic E-state index is 0.0515. The molecule has 0 unspecified atom stereocenters. The minimum Gasteiger partial charge on any atom is -0.355 e. The summed E-state index contributed by atoms with van der Waals surface area (Å²) in [6.07, 6.45) is 2.61. The number of carbonyl (C=O) groups is 2. The summed E-state index contributed by atoms with van der Waals surface area (Å²) in [5.41, 5.74) is 0.125. The van der Waals surface area contributed by atoms with E-state index < -0.39 is 0 Å². The summed E-state index contributed by atoms with van der Waals surface area (Å²) in [6.45, 7) is 9.40. The van der Waals surface area contributed by atoms with E-state index in [1.165, 1.54) is 0 Å².